The average molecular weight is 607 g/mol. The highest BCUT2D eigenvalue weighted by molar-refractivity contribution is 9.10. The molecule has 38 heavy (non-hydrogen) atoms. The van der Waals surface area contributed by atoms with E-state index >= 15 is 0 Å². The fourth-order valence-electron chi connectivity index (χ4n) is 3.38. The van der Waals surface area contributed by atoms with Crippen molar-refractivity contribution in [3.63, 3.8) is 0 Å². The molecule has 1 fully saturated rings. The van der Waals surface area contributed by atoms with Crippen molar-refractivity contribution in [3.8, 4) is 11.5 Å². The fraction of sp³-hybridized carbons (Fsp3) is 0.0800. The molecular weight excluding hydrogens is 593 g/mol. The molecule has 0 bridgehead atoms. The maximum Gasteiger partial charge on any atom is 0.416 e. The van der Waals surface area contributed by atoms with E-state index in [1.807, 2.05) is 0 Å². The minimum absolute atomic E-state index is 0.0382. The van der Waals surface area contributed by atoms with Gasteiger partial charge in [0, 0.05) is 16.1 Å². The van der Waals surface area contributed by atoms with Gasteiger partial charge < -0.3 is 4.74 Å². The van der Waals surface area contributed by atoms with Crippen LogP contribution in [0.1, 0.15) is 21.5 Å². The summed E-state index contributed by atoms with van der Waals surface area (Å²) in [6.07, 6.45) is -3.39. The third-order valence-electron chi connectivity index (χ3n) is 5.21. The lowest BCUT2D eigenvalue weighted by atomic mass is 10.1. The molecule has 194 valence electrons. The van der Waals surface area contributed by atoms with Crippen LogP contribution in [0.3, 0.4) is 0 Å². The van der Waals surface area contributed by atoms with Crippen LogP contribution in [-0.4, -0.2) is 33.3 Å². The molecule has 0 N–H and O–H groups in total. The number of imide groups is 1. The monoisotopic (exact) mass is 606 g/mol. The summed E-state index contributed by atoms with van der Waals surface area (Å²) in [7, 11) is 0. The predicted octanol–water partition coefficient (Wildman–Crippen LogP) is 7.09. The first-order valence-corrected chi connectivity index (χ1v) is 12.2. The number of ketones is 1. The molecule has 8 nitrogen and oxygen atoms in total. The zero-order valence-electron chi connectivity index (χ0n) is 18.9. The Morgan fingerprint density at radius 2 is 1.79 bits per heavy atom. The van der Waals surface area contributed by atoms with E-state index < -0.39 is 51.6 Å². The summed E-state index contributed by atoms with van der Waals surface area (Å²) < 4.78 is 45.1. The Hall–Kier alpha value is -3.97. The normalized spacial score (nSPS) is 14.7. The van der Waals surface area contributed by atoms with Crippen molar-refractivity contribution in [1.82, 2.24) is 4.90 Å². The predicted molar refractivity (Wildman–Crippen MR) is 136 cm³/mol. The van der Waals surface area contributed by atoms with E-state index in [1.54, 1.807) is 30.3 Å². The summed E-state index contributed by atoms with van der Waals surface area (Å²) in [6, 6.07) is 14.2. The first-order chi connectivity index (χ1) is 17.9. The highest BCUT2D eigenvalue weighted by Crippen LogP contribution is 2.38. The third kappa shape index (κ3) is 6.11. The molecule has 1 heterocycles. The Balaban J connectivity index is 1.53. The van der Waals surface area contributed by atoms with E-state index in [4.69, 9.17) is 4.74 Å². The van der Waals surface area contributed by atoms with Gasteiger partial charge in [-0.05, 0) is 59.8 Å². The zero-order valence-corrected chi connectivity index (χ0v) is 21.3. The van der Waals surface area contributed by atoms with E-state index in [1.165, 1.54) is 24.3 Å². The number of nitro benzene ring substituents is 1. The molecule has 0 unspecified atom stereocenters. The van der Waals surface area contributed by atoms with Gasteiger partial charge in [0.15, 0.2) is 5.78 Å². The van der Waals surface area contributed by atoms with Gasteiger partial charge in [-0.15, -0.1) is 0 Å². The number of rotatable bonds is 7. The van der Waals surface area contributed by atoms with Crippen molar-refractivity contribution < 1.29 is 37.2 Å². The number of ether oxygens (including phenoxy) is 1. The van der Waals surface area contributed by atoms with Gasteiger partial charge in [-0.1, -0.05) is 40.2 Å². The van der Waals surface area contributed by atoms with Gasteiger partial charge in [0.1, 0.15) is 5.75 Å². The van der Waals surface area contributed by atoms with Crippen molar-refractivity contribution in [2.24, 2.45) is 0 Å². The second-order valence-corrected chi connectivity index (χ2v) is 9.72. The Morgan fingerprint density at radius 3 is 2.45 bits per heavy atom. The molecule has 0 aromatic heterocycles. The number of benzene rings is 3. The maximum absolute atomic E-state index is 12.9. The lowest BCUT2D eigenvalue weighted by Crippen LogP contribution is -2.33. The van der Waals surface area contributed by atoms with E-state index in [9.17, 15) is 37.7 Å². The number of halogens is 4. The number of hydrogen-bond acceptors (Lipinski definition) is 7. The minimum Gasteiger partial charge on any atom is -0.450 e. The summed E-state index contributed by atoms with van der Waals surface area (Å²) in [5, 5.41) is 10.7. The lowest BCUT2D eigenvalue weighted by Gasteiger charge is -2.11. The first-order valence-electron chi connectivity index (χ1n) is 10.6. The number of amides is 2. The third-order valence-corrected chi connectivity index (χ3v) is 6.64. The van der Waals surface area contributed by atoms with Gasteiger partial charge in [0.2, 0.25) is 5.75 Å². The highest BCUT2D eigenvalue weighted by atomic mass is 79.9. The fourth-order valence-corrected chi connectivity index (χ4v) is 4.48. The smallest absolute Gasteiger partial charge is 0.416 e. The largest absolute Gasteiger partial charge is 0.450 e. The molecule has 0 saturated carbocycles. The Bertz CT molecular complexity index is 1490. The molecule has 2 amide bonds. The van der Waals surface area contributed by atoms with Crippen molar-refractivity contribution in [1.29, 1.82) is 0 Å². The second kappa shape index (κ2) is 10.8. The van der Waals surface area contributed by atoms with E-state index in [2.05, 4.69) is 15.9 Å². The molecule has 0 aliphatic carbocycles. The maximum atomic E-state index is 12.9. The SMILES string of the molecule is O=C(CN1C(=O)S/C(=C/c2cccc(Oc3ccc(C(F)(F)F)cc3[N+](=O)[O-])c2)C1=O)c1ccc(Br)cc1. The van der Waals surface area contributed by atoms with Gasteiger partial charge in [-0.25, -0.2) is 0 Å². The van der Waals surface area contributed by atoms with Crippen LogP contribution >= 0.6 is 27.7 Å². The molecule has 0 spiro atoms. The van der Waals surface area contributed by atoms with Crippen LogP contribution in [0.5, 0.6) is 11.5 Å². The van der Waals surface area contributed by atoms with E-state index in [-0.39, 0.29) is 10.7 Å². The molecular formula is C25H14BrF3N2O6S. The number of alkyl halides is 3. The number of nitrogens with zero attached hydrogens (tertiary/aromatic N) is 2. The number of thioether (sulfide) groups is 1. The Labute approximate surface area is 225 Å². The molecule has 0 atom stereocenters. The summed E-state index contributed by atoms with van der Waals surface area (Å²) in [5.41, 5.74) is -1.36. The molecule has 0 radical (unpaired) electrons. The van der Waals surface area contributed by atoms with Gasteiger partial charge in [-0.3, -0.25) is 29.4 Å². The van der Waals surface area contributed by atoms with Crippen LogP contribution in [0.25, 0.3) is 6.08 Å². The lowest BCUT2D eigenvalue weighted by molar-refractivity contribution is -0.385. The first kappa shape index (κ1) is 27.1. The topological polar surface area (TPSA) is 107 Å². The zero-order chi connectivity index (χ0) is 27.6. The van der Waals surface area contributed by atoms with Crippen LogP contribution < -0.4 is 4.74 Å². The molecule has 1 saturated heterocycles. The Morgan fingerprint density at radius 1 is 1.08 bits per heavy atom. The second-order valence-electron chi connectivity index (χ2n) is 7.81. The van der Waals surface area contributed by atoms with Crippen LogP contribution in [-0.2, 0) is 11.0 Å². The number of Topliss-reactive ketones (excluding diaryl/α,β-unsaturated/α-hetero) is 1. The standard InChI is InChI=1S/C25H14BrF3N2O6S/c26-17-7-4-15(5-8-17)20(32)13-30-23(33)22(38-24(30)34)11-14-2-1-3-18(10-14)37-21-9-6-16(25(27,28)29)12-19(21)31(35)36/h1-12H,13H2/b22-11+. The number of nitro groups is 1. The van der Waals surface area contributed by atoms with Crippen molar-refractivity contribution >= 4 is 56.4 Å². The van der Waals surface area contributed by atoms with Crippen LogP contribution in [0.2, 0.25) is 0 Å². The summed E-state index contributed by atoms with van der Waals surface area (Å²) in [5.74, 6) is -1.46. The molecule has 4 rings (SSSR count). The molecule has 1 aliphatic heterocycles. The highest BCUT2D eigenvalue weighted by Gasteiger charge is 2.36. The van der Waals surface area contributed by atoms with Crippen molar-refractivity contribution in [2.45, 2.75) is 6.18 Å². The molecule has 3 aromatic carbocycles. The van der Waals surface area contributed by atoms with Gasteiger partial charge in [0.05, 0.1) is 21.9 Å². The van der Waals surface area contributed by atoms with E-state index in [0.29, 0.717) is 35.0 Å². The number of carbonyl (C=O) groups excluding carboxylic acids is 3. The quantitative estimate of drug-likeness (QED) is 0.122. The minimum atomic E-state index is -4.77. The Kier molecular flexibility index (Phi) is 7.69. The van der Waals surface area contributed by atoms with Crippen LogP contribution in [0, 0.1) is 10.1 Å². The molecule has 1 aliphatic rings. The number of carbonyl (C=O) groups is 3. The van der Waals surface area contributed by atoms with Crippen LogP contribution in [0.15, 0.2) is 76.1 Å². The van der Waals surface area contributed by atoms with E-state index in [0.717, 1.165) is 15.4 Å². The van der Waals surface area contributed by atoms with Gasteiger partial charge in [-0.2, -0.15) is 13.2 Å². The summed E-state index contributed by atoms with van der Waals surface area (Å²) in [6.45, 7) is -0.440. The van der Waals surface area contributed by atoms with Crippen molar-refractivity contribution in [2.75, 3.05) is 6.54 Å². The summed E-state index contributed by atoms with van der Waals surface area (Å²) in [4.78, 5) is 48.9. The summed E-state index contributed by atoms with van der Waals surface area (Å²) >= 11 is 3.90. The van der Waals surface area contributed by atoms with Crippen molar-refractivity contribution in [3.05, 3.63) is 103 Å². The van der Waals surface area contributed by atoms with Gasteiger partial charge >= 0.3 is 11.9 Å². The van der Waals surface area contributed by atoms with Gasteiger partial charge in [0.25, 0.3) is 11.1 Å². The average Bonchev–Trinajstić information content (AvgIpc) is 3.11. The van der Waals surface area contributed by atoms with Crippen LogP contribution in [0.4, 0.5) is 23.7 Å². The molecule has 13 heteroatoms. The molecule has 3 aromatic rings. The number of hydrogen-bond donors (Lipinski definition) is 0.